The van der Waals surface area contributed by atoms with Gasteiger partial charge in [-0.05, 0) is 148 Å². The van der Waals surface area contributed by atoms with Crippen LogP contribution in [0.1, 0.15) is 0 Å². The molecule has 16 aromatic rings. The van der Waals surface area contributed by atoms with Crippen LogP contribution in [-0.4, -0.2) is 0 Å². The van der Waals surface area contributed by atoms with Crippen LogP contribution in [0.15, 0.2) is 315 Å². The molecule has 382 valence electrons. The smallest absolute Gasteiger partial charge is 0.0547 e. The van der Waals surface area contributed by atoms with Crippen molar-refractivity contribution in [2.24, 2.45) is 0 Å². The van der Waals surface area contributed by atoms with Crippen molar-refractivity contribution in [3.63, 3.8) is 0 Å². The minimum atomic E-state index is 1.08. The maximum atomic E-state index is 2.54. The SMILES string of the molecule is c1ccc(-c2cccc(N(c3cccc4ccccc34)c3cc(-c4ccc5ccccc5c4)c4ccc5c(N(c6cccc(-c7ccccc7)c6)c6cccc7ccccc67)cc(-c6ccc7ccccc7c6)c6ccc3c4c65)c2)cc1. The molecule has 2 nitrogen and oxygen atoms in total. The van der Waals surface area contributed by atoms with Gasteiger partial charge < -0.3 is 9.80 Å². The summed E-state index contributed by atoms with van der Waals surface area (Å²) in [5.74, 6) is 0. The summed E-state index contributed by atoms with van der Waals surface area (Å²) in [5.41, 5.74) is 15.9. The molecular weight excluding hydrogens is 989 g/mol. The van der Waals surface area contributed by atoms with Crippen LogP contribution in [0.3, 0.4) is 0 Å². The summed E-state index contributed by atoms with van der Waals surface area (Å²) in [5, 5.41) is 16.8. The summed E-state index contributed by atoms with van der Waals surface area (Å²) in [7, 11) is 0. The third-order valence-corrected chi connectivity index (χ3v) is 16.9. The molecule has 2 heteroatoms. The summed E-state index contributed by atoms with van der Waals surface area (Å²) in [6.45, 7) is 0. The molecule has 0 saturated carbocycles. The third kappa shape index (κ3) is 7.95. The minimum Gasteiger partial charge on any atom is -0.309 e. The van der Waals surface area contributed by atoms with Crippen molar-refractivity contribution in [2.45, 2.75) is 0 Å². The van der Waals surface area contributed by atoms with E-state index in [-0.39, 0.29) is 0 Å². The van der Waals surface area contributed by atoms with Gasteiger partial charge in [-0.1, -0.05) is 255 Å². The molecule has 0 aliphatic rings. The Morgan fingerprint density at radius 1 is 0.171 bits per heavy atom. The van der Waals surface area contributed by atoms with Gasteiger partial charge in [0.2, 0.25) is 0 Å². The molecule has 0 aromatic heterocycles. The van der Waals surface area contributed by atoms with E-state index in [0.717, 1.165) is 45.3 Å². The van der Waals surface area contributed by atoms with E-state index in [0.29, 0.717) is 0 Å². The lowest BCUT2D eigenvalue weighted by atomic mass is 9.84. The first kappa shape index (κ1) is 47.2. The van der Waals surface area contributed by atoms with Gasteiger partial charge >= 0.3 is 0 Å². The molecule has 0 saturated heterocycles. The molecule has 0 aliphatic carbocycles. The van der Waals surface area contributed by atoms with E-state index < -0.39 is 0 Å². The van der Waals surface area contributed by atoms with Crippen molar-refractivity contribution in [3.8, 4) is 44.5 Å². The van der Waals surface area contributed by atoms with Gasteiger partial charge in [-0.15, -0.1) is 0 Å². The Balaban J connectivity index is 1.07. The van der Waals surface area contributed by atoms with Gasteiger partial charge in [0.1, 0.15) is 0 Å². The zero-order valence-corrected chi connectivity index (χ0v) is 44.9. The van der Waals surface area contributed by atoms with E-state index in [1.54, 1.807) is 0 Å². The highest BCUT2D eigenvalue weighted by molar-refractivity contribution is 6.33. The Morgan fingerprint density at radius 2 is 0.524 bits per heavy atom. The lowest BCUT2D eigenvalue weighted by molar-refractivity contribution is 1.31. The second-order valence-electron chi connectivity index (χ2n) is 21.6. The maximum Gasteiger partial charge on any atom is 0.0547 e. The highest BCUT2D eigenvalue weighted by Gasteiger charge is 2.27. The van der Waals surface area contributed by atoms with Crippen LogP contribution in [-0.2, 0) is 0 Å². The first-order valence-electron chi connectivity index (χ1n) is 28.3. The summed E-state index contributed by atoms with van der Waals surface area (Å²) >= 11 is 0. The molecule has 16 rings (SSSR count). The first-order chi connectivity index (χ1) is 40.7. The van der Waals surface area contributed by atoms with Gasteiger partial charge in [0.15, 0.2) is 0 Å². The topological polar surface area (TPSA) is 6.48 Å². The maximum absolute atomic E-state index is 2.54. The fraction of sp³-hybridized carbons (Fsp3) is 0. The van der Waals surface area contributed by atoms with Crippen LogP contribution in [0.4, 0.5) is 34.1 Å². The predicted molar refractivity (Wildman–Crippen MR) is 351 cm³/mol. The third-order valence-electron chi connectivity index (χ3n) is 16.9. The summed E-state index contributed by atoms with van der Waals surface area (Å²) in [4.78, 5) is 5.07. The fourth-order valence-corrected chi connectivity index (χ4v) is 13.0. The molecule has 0 atom stereocenters. The van der Waals surface area contributed by atoms with Crippen molar-refractivity contribution < 1.29 is 0 Å². The molecule has 0 aliphatic heterocycles. The van der Waals surface area contributed by atoms with E-state index in [4.69, 9.17) is 0 Å². The summed E-state index contributed by atoms with van der Waals surface area (Å²) < 4.78 is 0. The molecule has 16 aromatic carbocycles. The fourth-order valence-electron chi connectivity index (χ4n) is 13.0. The quantitative estimate of drug-likeness (QED) is 0.126. The Hall–Kier alpha value is -10.8. The average molecular weight is 1040 g/mol. The molecule has 0 radical (unpaired) electrons. The van der Waals surface area contributed by atoms with E-state index in [1.165, 1.54) is 109 Å². The number of hydrogen-bond donors (Lipinski definition) is 0. The zero-order valence-electron chi connectivity index (χ0n) is 44.9. The van der Waals surface area contributed by atoms with Crippen LogP contribution in [0.25, 0.3) is 120 Å². The number of rotatable bonds is 10. The van der Waals surface area contributed by atoms with E-state index in [9.17, 15) is 0 Å². The second kappa shape index (κ2) is 19.5. The summed E-state index contributed by atoms with van der Waals surface area (Å²) in [6.07, 6.45) is 0. The molecule has 0 heterocycles. The highest BCUT2D eigenvalue weighted by atomic mass is 15.2. The van der Waals surface area contributed by atoms with Gasteiger partial charge in [0.05, 0.1) is 22.7 Å². The van der Waals surface area contributed by atoms with E-state index in [2.05, 4.69) is 325 Å². The van der Waals surface area contributed by atoms with Crippen LogP contribution in [0.5, 0.6) is 0 Å². The largest absolute Gasteiger partial charge is 0.309 e. The Labute approximate surface area is 476 Å². The summed E-state index contributed by atoms with van der Waals surface area (Å²) in [6, 6.07) is 117. The van der Waals surface area contributed by atoms with Gasteiger partial charge in [-0.2, -0.15) is 0 Å². The van der Waals surface area contributed by atoms with Gasteiger partial charge in [-0.25, -0.2) is 0 Å². The Morgan fingerprint density at radius 3 is 0.976 bits per heavy atom. The zero-order chi connectivity index (χ0) is 54.1. The molecule has 0 amide bonds. The average Bonchev–Trinajstić information content (AvgIpc) is 2.35. The van der Waals surface area contributed by atoms with E-state index >= 15 is 0 Å². The number of nitrogens with zero attached hydrogens (tertiary/aromatic N) is 2. The predicted octanol–water partition coefficient (Wildman–Crippen LogP) is 22.8. The molecule has 0 fully saturated rings. The lowest BCUT2D eigenvalue weighted by Gasteiger charge is -2.32. The van der Waals surface area contributed by atoms with Crippen molar-refractivity contribution in [3.05, 3.63) is 315 Å². The Kier molecular flexibility index (Phi) is 11.2. The number of hydrogen-bond acceptors (Lipinski definition) is 2. The number of anilines is 6. The molecule has 82 heavy (non-hydrogen) atoms. The van der Waals surface area contributed by atoms with Crippen molar-refractivity contribution in [1.82, 2.24) is 0 Å². The molecule has 0 bridgehead atoms. The van der Waals surface area contributed by atoms with Crippen LogP contribution in [0.2, 0.25) is 0 Å². The molecular formula is C80H52N2. The van der Waals surface area contributed by atoms with Crippen LogP contribution < -0.4 is 9.80 Å². The number of benzene rings is 16. The van der Waals surface area contributed by atoms with Crippen LogP contribution in [0, 0.1) is 0 Å². The second-order valence-corrected chi connectivity index (χ2v) is 21.6. The highest BCUT2D eigenvalue weighted by Crippen LogP contribution is 2.54. The van der Waals surface area contributed by atoms with Gasteiger partial charge in [0.25, 0.3) is 0 Å². The molecule has 0 spiro atoms. The van der Waals surface area contributed by atoms with Gasteiger partial charge in [-0.3, -0.25) is 0 Å². The minimum absolute atomic E-state index is 1.08. The normalized spacial score (nSPS) is 11.7. The van der Waals surface area contributed by atoms with Crippen molar-refractivity contribution in [1.29, 1.82) is 0 Å². The van der Waals surface area contributed by atoms with E-state index in [1.807, 2.05) is 0 Å². The Bertz CT molecular complexity index is 4790. The lowest BCUT2D eigenvalue weighted by Crippen LogP contribution is -2.13. The monoisotopic (exact) mass is 1040 g/mol. The van der Waals surface area contributed by atoms with Crippen LogP contribution >= 0.6 is 0 Å². The van der Waals surface area contributed by atoms with Gasteiger partial charge in [0, 0.05) is 43.7 Å². The van der Waals surface area contributed by atoms with Crippen molar-refractivity contribution >= 4 is 110 Å². The van der Waals surface area contributed by atoms with Crippen molar-refractivity contribution in [2.75, 3.05) is 9.80 Å². The molecule has 0 unspecified atom stereocenters. The number of fused-ring (bicyclic) bond motifs is 4. The molecule has 0 N–H and O–H groups in total. The first-order valence-corrected chi connectivity index (χ1v) is 28.3. The standard InChI is InChI=1S/C80H52N2/c1-3-19-53(20-4-1)61-31-15-33-65(49-61)81(75-37-17-29-57-25-11-13-35-67(57)75)77-51-73(63-41-39-55-23-7-9-27-59(55)47-63)69-44-46-72-78(52-74(70-43-45-71(77)79(69)80(70)72)64-42-40-56-24-8-10-28-60(56)48-64)82(76-38-18-30-58-26-12-14-36-68(58)76)66-34-16-32-62(50-66)54-21-5-2-6-22-54/h1-52H.